The van der Waals surface area contributed by atoms with E-state index >= 15 is 0 Å². The summed E-state index contributed by atoms with van der Waals surface area (Å²) in [6.45, 7) is 0.413. The highest BCUT2D eigenvalue weighted by molar-refractivity contribution is 7.80. The molecular weight excluding hydrogens is 190 g/mol. The van der Waals surface area contributed by atoms with Crippen molar-refractivity contribution in [1.29, 1.82) is 0 Å². The summed E-state index contributed by atoms with van der Waals surface area (Å²) in [4.78, 5) is 22.1. The van der Waals surface area contributed by atoms with E-state index in [0.717, 1.165) is 6.42 Å². The fourth-order valence-electron chi connectivity index (χ4n) is 1.13. The van der Waals surface area contributed by atoms with E-state index in [1.165, 1.54) is 0 Å². The number of carbonyl (C=O) groups excluding carboxylic acids is 2. The van der Waals surface area contributed by atoms with Crippen LogP contribution in [-0.4, -0.2) is 30.3 Å². The molecule has 13 heavy (non-hydrogen) atoms. The molecule has 0 aromatic rings. The number of thiol groups is 1. The summed E-state index contributed by atoms with van der Waals surface area (Å²) < 4.78 is 4.70. The van der Waals surface area contributed by atoms with Crippen molar-refractivity contribution in [2.24, 2.45) is 0 Å². The molecule has 1 fully saturated rings. The molecule has 1 saturated heterocycles. The molecule has 0 spiro atoms. The molecule has 1 atom stereocenters. The van der Waals surface area contributed by atoms with Crippen LogP contribution in [0.15, 0.2) is 0 Å². The lowest BCUT2D eigenvalue weighted by molar-refractivity contribution is -0.141. The highest BCUT2D eigenvalue weighted by Gasteiger charge is 2.27. The molecule has 0 bridgehead atoms. The summed E-state index contributed by atoms with van der Waals surface area (Å²) >= 11 is 3.99. The van der Waals surface area contributed by atoms with Crippen molar-refractivity contribution in [3.8, 4) is 0 Å². The van der Waals surface area contributed by atoms with Crippen molar-refractivity contribution in [3.05, 3.63) is 0 Å². The van der Waals surface area contributed by atoms with Crippen LogP contribution in [0.4, 0.5) is 0 Å². The zero-order chi connectivity index (χ0) is 9.68. The van der Waals surface area contributed by atoms with Crippen molar-refractivity contribution >= 4 is 24.5 Å². The van der Waals surface area contributed by atoms with Gasteiger partial charge in [0.2, 0.25) is 5.91 Å². The van der Waals surface area contributed by atoms with Gasteiger partial charge in [-0.1, -0.05) is 0 Å². The van der Waals surface area contributed by atoms with E-state index in [1.54, 1.807) is 0 Å². The molecule has 1 N–H and O–H groups in total. The maximum Gasteiger partial charge on any atom is 0.328 e. The van der Waals surface area contributed by atoms with Gasteiger partial charge in [-0.3, -0.25) is 4.79 Å². The van der Waals surface area contributed by atoms with Crippen LogP contribution >= 0.6 is 12.6 Å². The SMILES string of the molecule is O=C(CCCS)N[C@@H]1CCOC1=O. The van der Waals surface area contributed by atoms with E-state index in [0.29, 0.717) is 25.2 Å². The van der Waals surface area contributed by atoms with Crippen LogP contribution < -0.4 is 5.32 Å². The molecule has 5 heteroatoms. The maximum atomic E-state index is 11.2. The summed E-state index contributed by atoms with van der Waals surface area (Å²) in [5, 5.41) is 2.62. The van der Waals surface area contributed by atoms with Crippen LogP contribution in [0.2, 0.25) is 0 Å². The number of carbonyl (C=O) groups is 2. The molecule has 74 valence electrons. The number of hydrogen-bond acceptors (Lipinski definition) is 4. The molecule has 0 unspecified atom stereocenters. The van der Waals surface area contributed by atoms with Crippen LogP contribution in [0.3, 0.4) is 0 Å². The Balaban J connectivity index is 2.23. The minimum absolute atomic E-state index is 0.0992. The molecular formula is C8H13NO3S. The quantitative estimate of drug-likeness (QED) is 0.504. The number of hydrogen-bond donors (Lipinski definition) is 2. The second-order valence-corrected chi connectivity index (χ2v) is 3.35. The first-order valence-electron chi connectivity index (χ1n) is 4.31. The molecule has 1 heterocycles. The predicted octanol–water partition coefficient (Wildman–Crippen LogP) is 0.128. The zero-order valence-corrected chi connectivity index (χ0v) is 8.18. The van der Waals surface area contributed by atoms with Crippen LogP contribution in [0.1, 0.15) is 19.3 Å². The highest BCUT2D eigenvalue weighted by atomic mass is 32.1. The van der Waals surface area contributed by atoms with Gasteiger partial charge in [0.1, 0.15) is 6.04 Å². The Labute approximate surface area is 82.4 Å². The lowest BCUT2D eigenvalue weighted by atomic mass is 10.2. The van der Waals surface area contributed by atoms with Gasteiger partial charge in [-0.15, -0.1) is 0 Å². The summed E-state index contributed by atoms with van der Waals surface area (Å²) in [5.74, 6) is 0.264. The fraction of sp³-hybridized carbons (Fsp3) is 0.750. The Hall–Kier alpha value is -0.710. The molecule has 0 aromatic heterocycles. The minimum atomic E-state index is -0.424. The molecule has 1 rings (SSSR count). The number of nitrogens with one attached hydrogen (secondary N) is 1. The van der Waals surface area contributed by atoms with Crippen molar-refractivity contribution < 1.29 is 14.3 Å². The summed E-state index contributed by atoms with van der Waals surface area (Å²) in [7, 11) is 0. The summed E-state index contributed by atoms with van der Waals surface area (Å²) in [6.07, 6.45) is 1.75. The predicted molar refractivity (Wildman–Crippen MR) is 50.6 cm³/mol. The zero-order valence-electron chi connectivity index (χ0n) is 7.28. The molecule has 1 amide bonds. The second-order valence-electron chi connectivity index (χ2n) is 2.90. The Morgan fingerprint density at radius 3 is 3.00 bits per heavy atom. The number of ether oxygens (including phenoxy) is 1. The van der Waals surface area contributed by atoms with Crippen LogP contribution in [0.5, 0.6) is 0 Å². The lowest BCUT2D eigenvalue weighted by Gasteiger charge is -2.07. The van der Waals surface area contributed by atoms with Gasteiger partial charge >= 0.3 is 5.97 Å². The first-order chi connectivity index (χ1) is 6.24. The van der Waals surface area contributed by atoms with E-state index in [9.17, 15) is 9.59 Å². The van der Waals surface area contributed by atoms with Crippen LogP contribution in [-0.2, 0) is 14.3 Å². The van der Waals surface area contributed by atoms with Crippen molar-refractivity contribution in [2.75, 3.05) is 12.4 Å². The minimum Gasteiger partial charge on any atom is -0.464 e. The van der Waals surface area contributed by atoms with Gasteiger partial charge < -0.3 is 10.1 Å². The van der Waals surface area contributed by atoms with E-state index in [4.69, 9.17) is 4.74 Å². The Bertz CT molecular complexity index is 208. The average molecular weight is 203 g/mol. The van der Waals surface area contributed by atoms with Crippen molar-refractivity contribution in [2.45, 2.75) is 25.3 Å². The monoisotopic (exact) mass is 203 g/mol. The van der Waals surface area contributed by atoms with Gasteiger partial charge in [0.15, 0.2) is 0 Å². The number of rotatable bonds is 4. The molecule has 1 aliphatic heterocycles. The molecule has 0 radical (unpaired) electrons. The topological polar surface area (TPSA) is 55.4 Å². The molecule has 0 aromatic carbocycles. The van der Waals surface area contributed by atoms with E-state index < -0.39 is 6.04 Å². The van der Waals surface area contributed by atoms with Gasteiger partial charge in [0.25, 0.3) is 0 Å². The van der Waals surface area contributed by atoms with Gasteiger partial charge in [-0.25, -0.2) is 4.79 Å². The Kier molecular flexibility index (Phi) is 4.08. The largest absolute Gasteiger partial charge is 0.464 e. The first-order valence-corrected chi connectivity index (χ1v) is 4.94. The van der Waals surface area contributed by atoms with Crippen molar-refractivity contribution in [3.63, 3.8) is 0 Å². The number of cyclic esters (lactones) is 1. The third kappa shape index (κ3) is 3.26. The third-order valence-corrected chi connectivity index (χ3v) is 2.15. The standard InChI is InChI=1S/C8H13NO3S/c10-7(2-1-5-13)9-6-3-4-12-8(6)11/h6,13H,1-5H2,(H,9,10)/t6-/m1/s1. The Morgan fingerprint density at radius 2 is 2.46 bits per heavy atom. The van der Waals surface area contributed by atoms with Gasteiger partial charge in [0, 0.05) is 12.8 Å². The van der Waals surface area contributed by atoms with Crippen molar-refractivity contribution in [1.82, 2.24) is 5.32 Å². The van der Waals surface area contributed by atoms with Gasteiger partial charge in [-0.05, 0) is 12.2 Å². The molecule has 0 aliphatic carbocycles. The summed E-state index contributed by atoms with van der Waals surface area (Å²) in [5.41, 5.74) is 0. The molecule has 0 saturated carbocycles. The van der Waals surface area contributed by atoms with E-state index in [-0.39, 0.29) is 11.9 Å². The Morgan fingerprint density at radius 1 is 1.69 bits per heavy atom. The van der Waals surface area contributed by atoms with Gasteiger partial charge in [-0.2, -0.15) is 12.6 Å². The van der Waals surface area contributed by atoms with Gasteiger partial charge in [0.05, 0.1) is 6.61 Å². The molecule has 1 aliphatic rings. The average Bonchev–Trinajstić information content (AvgIpc) is 2.48. The fourth-order valence-corrected chi connectivity index (χ4v) is 1.29. The van der Waals surface area contributed by atoms with Crippen LogP contribution in [0, 0.1) is 0 Å². The normalized spacial score (nSPS) is 21.3. The van der Waals surface area contributed by atoms with E-state index in [1.807, 2.05) is 0 Å². The second kappa shape index (κ2) is 5.11. The number of esters is 1. The lowest BCUT2D eigenvalue weighted by Crippen LogP contribution is -2.37. The number of amides is 1. The van der Waals surface area contributed by atoms with Crippen LogP contribution in [0.25, 0.3) is 0 Å². The first kappa shape index (κ1) is 10.4. The summed E-state index contributed by atoms with van der Waals surface area (Å²) in [6, 6.07) is -0.424. The highest BCUT2D eigenvalue weighted by Crippen LogP contribution is 2.06. The van der Waals surface area contributed by atoms with E-state index in [2.05, 4.69) is 17.9 Å². The smallest absolute Gasteiger partial charge is 0.328 e. The maximum absolute atomic E-state index is 11.2. The third-order valence-electron chi connectivity index (χ3n) is 1.83. The molecule has 4 nitrogen and oxygen atoms in total.